The third-order valence-corrected chi connectivity index (χ3v) is 6.71. The molecular weight excluding hydrogens is 480 g/mol. The number of ether oxygens (including phenoxy) is 4. The summed E-state index contributed by atoms with van der Waals surface area (Å²) in [5, 5.41) is 9.78. The molecule has 0 amide bonds. The van der Waals surface area contributed by atoms with Crippen LogP contribution in [-0.4, -0.2) is 42.1 Å². The normalized spacial score (nSPS) is 23.1. The molecule has 0 saturated carbocycles. The maximum atomic E-state index is 11.9. The number of aliphatic carboxylic acids is 1. The fraction of sp³-hybridized carbons (Fsp3) is 0.344. The molecule has 4 rings (SSSR count). The Labute approximate surface area is 224 Å². The predicted molar refractivity (Wildman–Crippen MR) is 145 cm³/mol. The summed E-state index contributed by atoms with van der Waals surface area (Å²) in [6, 6.07) is 29.7. The Morgan fingerprint density at radius 2 is 1.26 bits per heavy atom. The number of hydrogen-bond donors (Lipinski definition) is 1. The Morgan fingerprint density at radius 3 is 1.76 bits per heavy atom. The summed E-state index contributed by atoms with van der Waals surface area (Å²) in [5.41, 5.74) is 3.08. The number of benzene rings is 3. The molecule has 3 aromatic carbocycles. The molecule has 200 valence electrons. The molecule has 0 spiro atoms. The van der Waals surface area contributed by atoms with E-state index < -0.39 is 30.2 Å². The van der Waals surface area contributed by atoms with Crippen LogP contribution in [0.1, 0.15) is 29.5 Å². The van der Waals surface area contributed by atoms with Crippen molar-refractivity contribution in [3.63, 3.8) is 0 Å². The first-order chi connectivity index (χ1) is 18.6. The zero-order chi connectivity index (χ0) is 26.6. The van der Waals surface area contributed by atoms with E-state index in [4.69, 9.17) is 18.9 Å². The number of carbonyl (C=O) groups is 1. The summed E-state index contributed by atoms with van der Waals surface area (Å²) < 4.78 is 25.6. The highest BCUT2D eigenvalue weighted by atomic mass is 16.6. The van der Waals surface area contributed by atoms with Gasteiger partial charge in [0.25, 0.3) is 0 Å². The second-order valence-corrected chi connectivity index (χ2v) is 9.52. The van der Waals surface area contributed by atoms with Crippen molar-refractivity contribution in [2.75, 3.05) is 6.61 Å². The third-order valence-electron chi connectivity index (χ3n) is 6.71. The first-order valence-electron chi connectivity index (χ1n) is 13.0. The van der Waals surface area contributed by atoms with Gasteiger partial charge < -0.3 is 24.1 Å². The summed E-state index contributed by atoms with van der Waals surface area (Å²) in [6.07, 6.45) is 0.300. The van der Waals surface area contributed by atoms with Crippen LogP contribution in [0.15, 0.2) is 104 Å². The van der Waals surface area contributed by atoms with Crippen molar-refractivity contribution in [1.82, 2.24) is 0 Å². The van der Waals surface area contributed by atoms with Crippen molar-refractivity contribution in [1.29, 1.82) is 0 Å². The maximum Gasteiger partial charge on any atom is 0.303 e. The lowest BCUT2D eigenvalue weighted by Gasteiger charge is -2.46. The molecule has 1 saturated heterocycles. The average molecular weight is 517 g/mol. The zero-order valence-electron chi connectivity index (χ0n) is 21.6. The van der Waals surface area contributed by atoms with E-state index in [1.807, 2.05) is 91.0 Å². The van der Waals surface area contributed by atoms with Crippen molar-refractivity contribution in [3.05, 3.63) is 120 Å². The van der Waals surface area contributed by atoms with Crippen LogP contribution in [0.5, 0.6) is 0 Å². The zero-order valence-corrected chi connectivity index (χ0v) is 21.6. The van der Waals surface area contributed by atoms with E-state index in [0.717, 1.165) is 16.7 Å². The van der Waals surface area contributed by atoms with Crippen molar-refractivity contribution >= 4 is 5.97 Å². The minimum Gasteiger partial charge on any atom is -0.481 e. The summed E-state index contributed by atoms with van der Waals surface area (Å²) in [5.74, 6) is -1.32. The van der Waals surface area contributed by atoms with E-state index >= 15 is 0 Å². The second kappa shape index (κ2) is 14.6. The highest BCUT2D eigenvalue weighted by Crippen LogP contribution is 2.36. The van der Waals surface area contributed by atoms with Gasteiger partial charge in [0.2, 0.25) is 0 Å². The van der Waals surface area contributed by atoms with Gasteiger partial charge in [0.1, 0.15) is 12.2 Å². The topological polar surface area (TPSA) is 74.2 Å². The fourth-order valence-corrected chi connectivity index (χ4v) is 4.87. The third kappa shape index (κ3) is 8.10. The van der Waals surface area contributed by atoms with E-state index in [-0.39, 0.29) is 19.1 Å². The number of carboxylic acids is 1. The van der Waals surface area contributed by atoms with Crippen LogP contribution in [0.4, 0.5) is 0 Å². The standard InChI is InChI=1S/C32H36O6/c1-2-12-28-27(19-30(33)34)31(36-21-25-15-8-4-9-16-25)32(37-22-26-17-10-5-11-18-26)29(38-28)23-35-20-24-13-6-3-7-14-24/h2-11,13-18,27-29,31-32H,1,12,19-23H2,(H,33,34)/t27-,28-,29+,31+,32+/m0/s1. The lowest BCUT2D eigenvalue weighted by atomic mass is 9.82. The van der Waals surface area contributed by atoms with E-state index in [9.17, 15) is 9.90 Å². The van der Waals surface area contributed by atoms with Gasteiger partial charge in [-0.2, -0.15) is 0 Å². The molecule has 0 aliphatic carbocycles. The van der Waals surface area contributed by atoms with Crippen LogP contribution in [0, 0.1) is 5.92 Å². The largest absolute Gasteiger partial charge is 0.481 e. The molecule has 0 bridgehead atoms. The molecule has 5 atom stereocenters. The Morgan fingerprint density at radius 1 is 0.763 bits per heavy atom. The molecule has 0 aromatic heterocycles. The number of carboxylic acid groups (broad SMARTS) is 1. The van der Waals surface area contributed by atoms with E-state index in [0.29, 0.717) is 26.2 Å². The van der Waals surface area contributed by atoms with Gasteiger partial charge in [-0.3, -0.25) is 4.79 Å². The second-order valence-electron chi connectivity index (χ2n) is 9.52. The molecule has 6 heteroatoms. The minimum atomic E-state index is -0.901. The molecule has 1 N–H and O–H groups in total. The lowest BCUT2D eigenvalue weighted by Crippen LogP contribution is -2.58. The van der Waals surface area contributed by atoms with Crippen LogP contribution >= 0.6 is 0 Å². The molecule has 1 heterocycles. The van der Waals surface area contributed by atoms with Gasteiger partial charge in [-0.25, -0.2) is 0 Å². The average Bonchev–Trinajstić information content (AvgIpc) is 2.94. The van der Waals surface area contributed by atoms with Crippen molar-refractivity contribution < 1.29 is 28.8 Å². The van der Waals surface area contributed by atoms with Crippen molar-refractivity contribution in [3.8, 4) is 0 Å². The molecule has 1 aliphatic heterocycles. The Bertz CT molecular complexity index is 1100. The molecule has 0 unspecified atom stereocenters. The monoisotopic (exact) mass is 516 g/mol. The van der Waals surface area contributed by atoms with Crippen LogP contribution in [-0.2, 0) is 43.6 Å². The van der Waals surface area contributed by atoms with Gasteiger partial charge in [-0.15, -0.1) is 6.58 Å². The van der Waals surface area contributed by atoms with Gasteiger partial charge in [0, 0.05) is 5.92 Å². The van der Waals surface area contributed by atoms with Gasteiger partial charge in [-0.1, -0.05) is 97.1 Å². The maximum absolute atomic E-state index is 11.9. The van der Waals surface area contributed by atoms with Crippen LogP contribution in [0.3, 0.4) is 0 Å². The SMILES string of the molecule is C=CC[C@@H]1O[C@H](COCc2ccccc2)[C@@H](OCc2ccccc2)[C@H](OCc2ccccc2)[C@H]1CC(=O)O. The smallest absolute Gasteiger partial charge is 0.303 e. The number of hydrogen-bond acceptors (Lipinski definition) is 5. The predicted octanol–water partition coefficient (Wildman–Crippen LogP) is 5.81. The number of rotatable bonds is 14. The quantitative estimate of drug-likeness (QED) is 0.273. The highest BCUT2D eigenvalue weighted by Gasteiger charge is 2.47. The Hall–Kier alpha value is -3.29. The van der Waals surface area contributed by atoms with Gasteiger partial charge >= 0.3 is 5.97 Å². The van der Waals surface area contributed by atoms with Crippen LogP contribution < -0.4 is 0 Å². The summed E-state index contributed by atoms with van der Waals surface area (Å²) in [6.45, 7) is 5.29. The highest BCUT2D eigenvalue weighted by molar-refractivity contribution is 5.67. The summed E-state index contributed by atoms with van der Waals surface area (Å²) in [7, 11) is 0. The van der Waals surface area contributed by atoms with Crippen molar-refractivity contribution in [2.45, 2.75) is 57.1 Å². The van der Waals surface area contributed by atoms with Gasteiger partial charge in [-0.05, 0) is 23.1 Å². The van der Waals surface area contributed by atoms with Crippen molar-refractivity contribution in [2.24, 2.45) is 5.92 Å². The van der Waals surface area contributed by atoms with Gasteiger partial charge in [0.15, 0.2) is 0 Å². The molecule has 1 aliphatic rings. The molecular formula is C32H36O6. The minimum absolute atomic E-state index is 0.0965. The fourth-order valence-electron chi connectivity index (χ4n) is 4.87. The molecule has 6 nitrogen and oxygen atoms in total. The first kappa shape index (κ1) is 27.7. The Kier molecular flexibility index (Phi) is 10.7. The van der Waals surface area contributed by atoms with Crippen LogP contribution in [0.25, 0.3) is 0 Å². The molecule has 1 fully saturated rings. The van der Waals surface area contributed by atoms with E-state index in [1.54, 1.807) is 6.08 Å². The summed E-state index contributed by atoms with van der Waals surface area (Å²) >= 11 is 0. The molecule has 0 radical (unpaired) electrons. The Balaban J connectivity index is 1.58. The summed E-state index contributed by atoms with van der Waals surface area (Å²) in [4.78, 5) is 11.9. The van der Waals surface area contributed by atoms with Gasteiger partial charge in [0.05, 0.1) is 45.1 Å². The van der Waals surface area contributed by atoms with E-state index in [1.165, 1.54) is 0 Å². The first-order valence-corrected chi connectivity index (χ1v) is 13.0. The molecule has 3 aromatic rings. The van der Waals surface area contributed by atoms with Crippen LogP contribution in [0.2, 0.25) is 0 Å². The van der Waals surface area contributed by atoms with E-state index in [2.05, 4.69) is 6.58 Å². The lowest BCUT2D eigenvalue weighted by molar-refractivity contribution is -0.246. The molecule has 38 heavy (non-hydrogen) atoms.